The molecule has 1 N–H and O–H groups in total. The van der Waals surface area contributed by atoms with E-state index >= 15 is 0 Å². The number of nitrogens with one attached hydrogen (secondary N) is 1. The molecule has 1 unspecified atom stereocenters. The number of anilines is 1. The number of fused-ring (bicyclic) bond motifs is 1. The van der Waals surface area contributed by atoms with E-state index in [1.807, 2.05) is 0 Å². The number of amides is 1. The lowest BCUT2D eigenvalue weighted by Gasteiger charge is -2.36. The summed E-state index contributed by atoms with van der Waals surface area (Å²) >= 11 is 1.52. The minimum Gasteiger partial charge on any atom is -0.469 e. The average Bonchev–Trinajstić information content (AvgIpc) is 3.08. The van der Waals surface area contributed by atoms with Crippen molar-refractivity contribution in [3.8, 4) is 0 Å². The van der Waals surface area contributed by atoms with Crippen LogP contribution in [0.5, 0.6) is 0 Å². The van der Waals surface area contributed by atoms with Crippen LogP contribution in [0.2, 0.25) is 0 Å². The van der Waals surface area contributed by atoms with E-state index in [2.05, 4.69) is 30.8 Å². The Balaban J connectivity index is 2.14. The van der Waals surface area contributed by atoms with Crippen molar-refractivity contribution in [2.45, 2.75) is 79.1 Å². The van der Waals surface area contributed by atoms with Crippen molar-refractivity contribution in [3.05, 3.63) is 16.0 Å². The fourth-order valence-corrected chi connectivity index (χ4v) is 5.23. The Morgan fingerprint density at radius 2 is 1.87 bits per heavy atom. The molecule has 1 aromatic heterocycles. The van der Waals surface area contributed by atoms with Crippen LogP contribution in [-0.4, -0.2) is 31.6 Å². The maximum absolute atomic E-state index is 12.7. The Morgan fingerprint density at radius 3 is 2.50 bits per heavy atom. The van der Waals surface area contributed by atoms with Gasteiger partial charge in [0.25, 0.3) is 0 Å². The Bertz CT molecular complexity index is 768. The van der Waals surface area contributed by atoms with Crippen LogP contribution in [0, 0.1) is 11.3 Å². The van der Waals surface area contributed by atoms with Crippen LogP contribution in [0.1, 0.15) is 87.0 Å². The molecule has 0 saturated heterocycles. The molecular formula is C23H35NO5S. The second-order valence-corrected chi connectivity index (χ2v) is 9.65. The molecular weight excluding hydrogens is 402 g/mol. The lowest BCUT2D eigenvalue weighted by molar-refractivity contribution is -0.140. The van der Waals surface area contributed by atoms with E-state index in [1.54, 1.807) is 6.92 Å². The van der Waals surface area contributed by atoms with E-state index < -0.39 is 0 Å². The zero-order valence-corrected chi connectivity index (χ0v) is 19.7. The molecule has 2 rings (SSSR count). The number of hydrogen-bond donors (Lipinski definition) is 1. The van der Waals surface area contributed by atoms with Gasteiger partial charge in [-0.2, -0.15) is 0 Å². The SMILES string of the molecule is CCOC(=O)c1c(NC(=O)CCCCC(=O)OC)sc2c1CCC(C(C)(C)CC)C2. The molecule has 1 atom stereocenters. The lowest BCUT2D eigenvalue weighted by Crippen LogP contribution is -2.28. The molecule has 1 aliphatic carbocycles. The number of carbonyl (C=O) groups excluding carboxylic acids is 3. The van der Waals surface area contributed by atoms with Crippen molar-refractivity contribution in [3.63, 3.8) is 0 Å². The Morgan fingerprint density at radius 1 is 1.17 bits per heavy atom. The van der Waals surface area contributed by atoms with Crippen LogP contribution in [0.3, 0.4) is 0 Å². The summed E-state index contributed by atoms with van der Waals surface area (Å²) in [4.78, 5) is 37.5. The summed E-state index contributed by atoms with van der Waals surface area (Å²) in [5, 5.41) is 3.54. The molecule has 0 saturated carbocycles. The van der Waals surface area contributed by atoms with E-state index in [9.17, 15) is 14.4 Å². The van der Waals surface area contributed by atoms with Crippen LogP contribution in [0.15, 0.2) is 0 Å². The molecule has 0 spiro atoms. The molecule has 30 heavy (non-hydrogen) atoms. The van der Waals surface area contributed by atoms with Crippen molar-refractivity contribution >= 4 is 34.2 Å². The fourth-order valence-electron chi connectivity index (χ4n) is 3.89. The molecule has 0 bridgehead atoms. The number of hydrogen-bond acceptors (Lipinski definition) is 6. The maximum atomic E-state index is 12.7. The second-order valence-electron chi connectivity index (χ2n) is 8.54. The van der Waals surface area contributed by atoms with Crippen molar-refractivity contribution in [2.24, 2.45) is 11.3 Å². The van der Waals surface area contributed by atoms with Crippen molar-refractivity contribution in [1.29, 1.82) is 0 Å². The van der Waals surface area contributed by atoms with E-state index in [-0.39, 0.29) is 23.3 Å². The molecule has 1 amide bonds. The molecule has 6 nitrogen and oxygen atoms in total. The largest absolute Gasteiger partial charge is 0.469 e. The second kappa shape index (κ2) is 10.9. The Labute approximate surface area is 183 Å². The van der Waals surface area contributed by atoms with Gasteiger partial charge in [0.05, 0.1) is 19.3 Å². The van der Waals surface area contributed by atoms with E-state index in [1.165, 1.54) is 23.3 Å². The summed E-state index contributed by atoms with van der Waals surface area (Å²) in [6.07, 6.45) is 5.71. The summed E-state index contributed by atoms with van der Waals surface area (Å²) in [6.45, 7) is 8.92. The number of unbranched alkanes of at least 4 members (excludes halogenated alkanes) is 1. The highest BCUT2D eigenvalue weighted by Crippen LogP contribution is 2.45. The summed E-state index contributed by atoms with van der Waals surface area (Å²) in [6, 6.07) is 0. The Hall–Kier alpha value is -1.89. The standard InChI is InChI=1S/C23H35NO5S/c1-6-23(3,4)15-12-13-16-17(14-15)30-21(20(16)22(27)29-7-2)24-18(25)10-8-9-11-19(26)28-5/h15H,6-14H2,1-5H3,(H,24,25). The van der Waals surface area contributed by atoms with Gasteiger partial charge >= 0.3 is 11.9 Å². The van der Waals surface area contributed by atoms with Gasteiger partial charge in [-0.15, -0.1) is 11.3 Å². The molecule has 7 heteroatoms. The zero-order chi connectivity index (χ0) is 22.3. The summed E-state index contributed by atoms with van der Waals surface area (Å²) < 4.78 is 9.91. The van der Waals surface area contributed by atoms with Crippen LogP contribution in [0.4, 0.5) is 5.00 Å². The van der Waals surface area contributed by atoms with Gasteiger partial charge in [-0.1, -0.05) is 27.2 Å². The first-order chi connectivity index (χ1) is 14.2. The van der Waals surface area contributed by atoms with E-state index in [0.717, 1.165) is 31.2 Å². The molecule has 0 aromatic carbocycles. The Kier molecular flexibility index (Phi) is 8.89. The maximum Gasteiger partial charge on any atom is 0.341 e. The minimum absolute atomic E-state index is 0.144. The number of rotatable bonds is 10. The minimum atomic E-state index is -0.357. The van der Waals surface area contributed by atoms with E-state index in [4.69, 9.17) is 4.74 Å². The summed E-state index contributed by atoms with van der Waals surface area (Å²) in [7, 11) is 1.36. The molecule has 1 heterocycles. The first kappa shape index (κ1) is 24.4. The van der Waals surface area contributed by atoms with Gasteiger partial charge in [-0.3, -0.25) is 9.59 Å². The normalized spacial score (nSPS) is 16.0. The first-order valence-electron chi connectivity index (χ1n) is 10.9. The van der Waals surface area contributed by atoms with Crippen LogP contribution in [-0.2, 0) is 31.9 Å². The smallest absolute Gasteiger partial charge is 0.341 e. The average molecular weight is 438 g/mol. The number of ether oxygens (including phenoxy) is 2. The third kappa shape index (κ3) is 6.06. The lowest BCUT2D eigenvalue weighted by atomic mass is 9.69. The highest BCUT2D eigenvalue weighted by Gasteiger charge is 2.35. The van der Waals surface area contributed by atoms with Gasteiger partial charge < -0.3 is 14.8 Å². The molecule has 1 aromatic rings. The third-order valence-electron chi connectivity index (χ3n) is 6.28. The zero-order valence-electron chi connectivity index (χ0n) is 18.9. The van der Waals surface area contributed by atoms with Crippen molar-refractivity contribution in [1.82, 2.24) is 0 Å². The highest BCUT2D eigenvalue weighted by atomic mass is 32.1. The quantitative estimate of drug-likeness (QED) is 0.405. The number of esters is 2. The van der Waals surface area contributed by atoms with Gasteiger partial charge in [0.1, 0.15) is 5.00 Å². The van der Waals surface area contributed by atoms with Gasteiger partial charge in [-0.05, 0) is 55.9 Å². The van der Waals surface area contributed by atoms with Crippen molar-refractivity contribution < 1.29 is 23.9 Å². The van der Waals surface area contributed by atoms with Gasteiger partial charge in [0, 0.05) is 17.7 Å². The molecule has 0 aliphatic heterocycles. The first-order valence-corrected chi connectivity index (χ1v) is 11.7. The van der Waals surface area contributed by atoms with E-state index in [0.29, 0.717) is 48.8 Å². The molecule has 1 aliphatic rings. The highest BCUT2D eigenvalue weighted by molar-refractivity contribution is 7.17. The van der Waals surface area contributed by atoms with Gasteiger partial charge in [0.15, 0.2) is 0 Å². The topological polar surface area (TPSA) is 81.7 Å². The summed E-state index contributed by atoms with van der Waals surface area (Å²) in [5.74, 6) is -0.209. The molecule has 168 valence electrons. The third-order valence-corrected chi connectivity index (χ3v) is 7.45. The van der Waals surface area contributed by atoms with Gasteiger partial charge in [0.2, 0.25) is 5.91 Å². The van der Waals surface area contributed by atoms with Crippen LogP contribution >= 0.6 is 11.3 Å². The summed E-state index contributed by atoms with van der Waals surface area (Å²) in [5.41, 5.74) is 1.82. The predicted molar refractivity (Wildman–Crippen MR) is 119 cm³/mol. The molecule has 0 fully saturated rings. The van der Waals surface area contributed by atoms with Crippen molar-refractivity contribution in [2.75, 3.05) is 19.0 Å². The number of carbonyl (C=O) groups is 3. The van der Waals surface area contributed by atoms with Gasteiger partial charge in [-0.25, -0.2) is 4.79 Å². The fraction of sp³-hybridized carbons (Fsp3) is 0.696. The monoisotopic (exact) mass is 437 g/mol. The predicted octanol–water partition coefficient (Wildman–Crippen LogP) is 5.14. The number of methoxy groups -OCH3 is 1. The van der Waals surface area contributed by atoms with Crippen LogP contribution < -0.4 is 5.32 Å². The molecule has 0 radical (unpaired) electrons. The van der Waals surface area contributed by atoms with Crippen LogP contribution in [0.25, 0.3) is 0 Å². The number of thiophene rings is 1.